The zero-order valence-electron chi connectivity index (χ0n) is 12.0. The lowest BCUT2D eigenvalue weighted by Gasteiger charge is -2.20. The highest BCUT2D eigenvalue weighted by Crippen LogP contribution is 2.35. The van der Waals surface area contributed by atoms with Crippen LogP contribution in [-0.4, -0.2) is 24.0 Å². The predicted octanol–water partition coefficient (Wildman–Crippen LogP) is 1.18. The standard InChI is InChI=1S/C14H20N4O2/c1-18-9-10(8-16-18)7-12(17-15)11-5-4-6-13(19-2)14(11)20-3/h4-6,8-9,12,17H,7,15H2,1-3H3. The van der Waals surface area contributed by atoms with Crippen molar-refractivity contribution in [1.82, 2.24) is 15.2 Å². The van der Waals surface area contributed by atoms with Crippen LogP contribution in [0.2, 0.25) is 0 Å². The fourth-order valence-electron chi connectivity index (χ4n) is 2.26. The molecular weight excluding hydrogens is 256 g/mol. The molecule has 0 radical (unpaired) electrons. The van der Waals surface area contributed by atoms with Gasteiger partial charge in [0.2, 0.25) is 0 Å². The van der Waals surface area contributed by atoms with Gasteiger partial charge in [-0.15, -0.1) is 0 Å². The zero-order chi connectivity index (χ0) is 14.5. The topological polar surface area (TPSA) is 74.3 Å². The lowest BCUT2D eigenvalue weighted by atomic mass is 10.00. The highest BCUT2D eigenvalue weighted by molar-refractivity contribution is 5.48. The molecule has 1 aromatic carbocycles. The van der Waals surface area contributed by atoms with Crippen molar-refractivity contribution in [1.29, 1.82) is 0 Å². The Balaban J connectivity index is 2.31. The lowest BCUT2D eigenvalue weighted by molar-refractivity contribution is 0.346. The van der Waals surface area contributed by atoms with E-state index in [0.717, 1.165) is 11.1 Å². The van der Waals surface area contributed by atoms with Gasteiger partial charge in [-0.3, -0.25) is 16.0 Å². The van der Waals surface area contributed by atoms with Crippen molar-refractivity contribution in [2.75, 3.05) is 14.2 Å². The van der Waals surface area contributed by atoms with Gasteiger partial charge in [0.25, 0.3) is 0 Å². The molecule has 0 saturated carbocycles. The first-order chi connectivity index (χ1) is 9.69. The molecular formula is C14H20N4O2. The summed E-state index contributed by atoms with van der Waals surface area (Å²) in [6.45, 7) is 0. The minimum absolute atomic E-state index is 0.0794. The van der Waals surface area contributed by atoms with Crippen LogP contribution in [0.15, 0.2) is 30.6 Å². The fraction of sp³-hybridized carbons (Fsp3) is 0.357. The summed E-state index contributed by atoms with van der Waals surface area (Å²) in [6.07, 6.45) is 4.52. The normalized spacial score (nSPS) is 12.2. The first kappa shape index (κ1) is 14.4. The molecule has 0 amide bonds. The summed E-state index contributed by atoms with van der Waals surface area (Å²) in [6, 6.07) is 5.68. The summed E-state index contributed by atoms with van der Waals surface area (Å²) < 4.78 is 12.5. The maximum atomic E-state index is 5.70. The third-order valence-corrected chi connectivity index (χ3v) is 3.21. The Bertz CT molecular complexity index is 568. The molecule has 6 nitrogen and oxygen atoms in total. The van der Waals surface area contributed by atoms with Crippen LogP contribution in [-0.2, 0) is 13.5 Å². The monoisotopic (exact) mass is 276 g/mol. The van der Waals surface area contributed by atoms with E-state index in [-0.39, 0.29) is 6.04 Å². The summed E-state index contributed by atoms with van der Waals surface area (Å²) in [5, 5.41) is 4.17. The lowest BCUT2D eigenvalue weighted by Crippen LogP contribution is -2.29. The van der Waals surface area contributed by atoms with Gasteiger partial charge >= 0.3 is 0 Å². The van der Waals surface area contributed by atoms with Crippen molar-refractivity contribution in [2.24, 2.45) is 12.9 Å². The molecule has 0 aliphatic rings. The van der Waals surface area contributed by atoms with E-state index in [1.54, 1.807) is 18.9 Å². The molecule has 1 atom stereocenters. The van der Waals surface area contributed by atoms with Crippen LogP contribution >= 0.6 is 0 Å². The molecule has 0 aliphatic heterocycles. The molecule has 3 N–H and O–H groups in total. The van der Waals surface area contributed by atoms with E-state index in [9.17, 15) is 0 Å². The number of aromatic nitrogens is 2. The van der Waals surface area contributed by atoms with Crippen LogP contribution in [0.1, 0.15) is 17.2 Å². The minimum Gasteiger partial charge on any atom is -0.493 e. The molecule has 1 heterocycles. The third-order valence-electron chi connectivity index (χ3n) is 3.21. The van der Waals surface area contributed by atoms with Crippen molar-refractivity contribution >= 4 is 0 Å². The Morgan fingerprint density at radius 2 is 2.15 bits per heavy atom. The SMILES string of the molecule is COc1cccc(C(Cc2cnn(C)c2)NN)c1OC. The minimum atomic E-state index is -0.0794. The molecule has 20 heavy (non-hydrogen) atoms. The molecule has 0 bridgehead atoms. The first-order valence-electron chi connectivity index (χ1n) is 6.34. The van der Waals surface area contributed by atoms with Gasteiger partial charge in [0.1, 0.15) is 0 Å². The number of benzene rings is 1. The molecule has 2 rings (SSSR count). The Hall–Kier alpha value is -2.05. The van der Waals surface area contributed by atoms with Crippen LogP contribution in [0.4, 0.5) is 0 Å². The smallest absolute Gasteiger partial charge is 0.165 e. The zero-order valence-corrected chi connectivity index (χ0v) is 12.0. The number of methoxy groups -OCH3 is 2. The number of nitrogens with two attached hydrogens (primary N) is 1. The number of hydrogen-bond donors (Lipinski definition) is 2. The molecule has 0 spiro atoms. The number of ether oxygens (including phenoxy) is 2. The average Bonchev–Trinajstić information content (AvgIpc) is 2.89. The van der Waals surface area contributed by atoms with Crippen LogP contribution in [0.3, 0.4) is 0 Å². The molecule has 0 fully saturated rings. The van der Waals surface area contributed by atoms with Gasteiger partial charge in [-0.2, -0.15) is 5.10 Å². The molecule has 108 valence electrons. The molecule has 0 aliphatic carbocycles. The molecule has 1 aromatic heterocycles. The first-order valence-corrected chi connectivity index (χ1v) is 6.34. The number of hydrogen-bond acceptors (Lipinski definition) is 5. The van der Waals surface area contributed by atoms with Gasteiger partial charge in [0.05, 0.1) is 26.5 Å². The maximum Gasteiger partial charge on any atom is 0.165 e. The maximum absolute atomic E-state index is 5.70. The Labute approximate surface area is 118 Å². The van der Waals surface area contributed by atoms with Crippen molar-refractivity contribution in [2.45, 2.75) is 12.5 Å². The van der Waals surface area contributed by atoms with E-state index < -0.39 is 0 Å². The second-order valence-electron chi connectivity index (χ2n) is 4.53. The Morgan fingerprint density at radius 1 is 1.35 bits per heavy atom. The number of para-hydroxylation sites is 1. The summed E-state index contributed by atoms with van der Waals surface area (Å²) in [5.74, 6) is 7.09. The van der Waals surface area contributed by atoms with Crippen LogP contribution in [0.5, 0.6) is 11.5 Å². The molecule has 2 aromatic rings. The highest BCUT2D eigenvalue weighted by Gasteiger charge is 2.19. The largest absolute Gasteiger partial charge is 0.493 e. The fourth-order valence-corrected chi connectivity index (χ4v) is 2.26. The second-order valence-corrected chi connectivity index (χ2v) is 4.53. The Kier molecular flexibility index (Phi) is 4.60. The number of nitrogens with zero attached hydrogens (tertiary/aromatic N) is 2. The van der Waals surface area contributed by atoms with Gasteiger partial charge in [-0.1, -0.05) is 12.1 Å². The summed E-state index contributed by atoms with van der Waals surface area (Å²) in [4.78, 5) is 0. The second kappa shape index (κ2) is 6.40. The van der Waals surface area contributed by atoms with Gasteiger partial charge in [0.15, 0.2) is 11.5 Å². The average molecular weight is 276 g/mol. The van der Waals surface area contributed by atoms with E-state index in [2.05, 4.69) is 10.5 Å². The Morgan fingerprint density at radius 3 is 2.70 bits per heavy atom. The summed E-state index contributed by atoms with van der Waals surface area (Å²) >= 11 is 0. The van der Waals surface area contributed by atoms with Crippen molar-refractivity contribution < 1.29 is 9.47 Å². The van der Waals surface area contributed by atoms with Gasteiger partial charge in [0, 0.05) is 18.8 Å². The quantitative estimate of drug-likeness (QED) is 0.612. The number of aryl methyl sites for hydroxylation is 1. The van der Waals surface area contributed by atoms with Gasteiger partial charge in [-0.25, -0.2) is 0 Å². The third kappa shape index (κ3) is 2.92. The highest BCUT2D eigenvalue weighted by atomic mass is 16.5. The number of rotatable bonds is 6. The van der Waals surface area contributed by atoms with Crippen LogP contribution < -0.4 is 20.7 Å². The molecule has 6 heteroatoms. The van der Waals surface area contributed by atoms with Crippen molar-refractivity contribution in [3.05, 3.63) is 41.7 Å². The summed E-state index contributed by atoms with van der Waals surface area (Å²) in [7, 11) is 5.13. The summed E-state index contributed by atoms with van der Waals surface area (Å²) in [5.41, 5.74) is 4.88. The number of hydrazine groups is 1. The molecule has 0 saturated heterocycles. The van der Waals surface area contributed by atoms with E-state index in [1.807, 2.05) is 37.6 Å². The van der Waals surface area contributed by atoms with E-state index in [1.165, 1.54) is 0 Å². The van der Waals surface area contributed by atoms with Crippen molar-refractivity contribution in [3.63, 3.8) is 0 Å². The predicted molar refractivity (Wildman–Crippen MR) is 76.5 cm³/mol. The van der Waals surface area contributed by atoms with Gasteiger partial charge < -0.3 is 9.47 Å². The van der Waals surface area contributed by atoms with Crippen LogP contribution in [0.25, 0.3) is 0 Å². The van der Waals surface area contributed by atoms with E-state index in [0.29, 0.717) is 17.9 Å². The van der Waals surface area contributed by atoms with Crippen LogP contribution in [0, 0.1) is 0 Å². The molecule has 1 unspecified atom stereocenters. The van der Waals surface area contributed by atoms with Crippen molar-refractivity contribution in [3.8, 4) is 11.5 Å². The van der Waals surface area contributed by atoms with E-state index >= 15 is 0 Å². The van der Waals surface area contributed by atoms with Gasteiger partial charge in [-0.05, 0) is 18.1 Å². The number of nitrogens with one attached hydrogen (secondary N) is 1. The van der Waals surface area contributed by atoms with E-state index in [4.69, 9.17) is 15.3 Å².